The molecule has 2 aliphatic heterocycles. The summed E-state index contributed by atoms with van der Waals surface area (Å²) in [6.45, 7) is 4.19. The maximum absolute atomic E-state index is 11.8. The van der Waals surface area contributed by atoms with E-state index in [1.165, 1.54) is 4.90 Å². The first-order valence-corrected chi connectivity index (χ1v) is 8.71. The number of benzene rings is 1. The number of carboxylic acid groups (broad SMARTS) is 1. The fourth-order valence-corrected chi connectivity index (χ4v) is 3.41. The van der Waals surface area contributed by atoms with Crippen molar-refractivity contribution in [1.29, 1.82) is 10.5 Å². The van der Waals surface area contributed by atoms with Crippen molar-refractivity contribution in [3.05, 3.63) is 29.8 Å². The summed E-state index contributed by atoms with van der Waals surface area (Å²) in [5, 5.41) is 28.0. The van der Waals surface area contributed by atoms with Gasteiger partial charge in [-0.1, -0.05) is 12.1 Å². The van der Waals surface area contributed by atoms with E-state index < -0.39 is 6.09 Å². The SMILES string of the molecule is CN1CCN(C(=NC#N)N2CC(N(C(=O)O)c3ccccc3C#N)C2)CC1. The maximum Gasteiger partial charge on any atom is 0.412 e. The fraction of sp³-hybridized carbons (Fsp3) is 0.444. The van der Waals surface area contributed by atoms with Gasteiger partial charge < -0.3 is 19.8 Å². The number of piperazine rings is 1. The molecule has 0 aromatic heterocycles. The molecule has 3 rings (SSSR count). The number of para-hydroxylation sites is 1. The van der Waals surface area contributed by atoms with E-state index in [4.69, 9.17) is 5.26 Å². The molecule has 2 saturated heterocycles. The van der Waals surface area contributed by atoms with Crippen molar-refractivity contribution in [3.63, 3.8) is 0 Å². The Kier molecular flexibility index (Phi) is 5.43. The van der Waals surface area contributed by atoms with Gasteiger partial charge in [0.25, 0.3) is 0 Å². The van der Waals surface area contributed by atoms with Crippen molar-refractivity contribution in [2.45, 2.75) is 6.04 Å². The van der Waals surface area contributed by atoms with Gasteiger partial charge in [0.2, 0.25) is 12.2 Å². The predicted octanol–water partition coefficient (Wildman–Crippen LogP) is 0.811. The molecule has 2 fully saturated rings. The van der Waals surface area contributed by atoms with Gasteiger partial charge in [0, 0.05) is 39.3 Å². The molecule has 0 atom stereocenters. The zero-order valence-electron chi connectivity index (χ0n) is 15.1. The highest BCUT2D eigenvalue weighted by atomic mass is 16.4. The van der Waals surface area contributed by atoms with Gasteiger partial charge in [-0.3, -0.25) is 4.90 Å². The Morgan fingerprint density at radius 3 is 2.44 bits per heavy atom. The molecule has 2 aliphatic rings. The lowest BCUT2D eigenvalue weighted by Gasteiger charge is -2.48. The predicted molar refractivity (Wildman–Crippen MR) is 99.1 cm³/mol. The van der Waals surface area contributed by atoms with Crippen LogP contribution in [0, 0.1) is 22.8 Å². The van der Waals surface area contributed by atoms with Gasteiger partial charge in [0.05, 0.1) is 17.3 Å². The number of amides is 1. The minimum absolute atomic E-state index is 0.298. The van der Waals surface area contributed by atoms with Crippen LogP contribution in [0.25, 0.3) is 0 Å². The average molecular weight is 367 g/mol. The molecule has 9 nitrogen and oxygen atoms in total. The van der Waals surface area contributed by atoms with Gasteiger partial charge in [-0.15, -0.1) is 4.99 Å². The van der Waals surface area contributed by atoms with Crippen molar-refractivity contribution >= 4 is 17.7 Å². The molecular formula is C18H21N7O2. The molecule has 0 bridgehead atoms. The third-order valence-corrected chi connectivity index (χ3v) is 4.94. The second-order valence-electron chi connectivity index (χ2n) is 6.64. The largest absolute Gasteiger partial charge is 0.465 e. The number of hydrogen-bond acceptors (Lipinski definition) is 5. The summed E-state index contributed by atoms with van der Waals surface area (Å²) in [5.74, 6) is 0.598. The molecule has 9 heteroatoms. The number of guanidine groups is 1. The second-order valence-corrected chi connectivity index (χ2v) is 6.64. The highest BCUT2D eigenvalue weighted by Gasteiger charge is 2.39. The molecule has 0 saturated carbocycles. The smallest absolute Gasteiger partial charge is 0.412 e. The highest BCUT2D eigenvalue weighted by molar-refractivity contribution is 5.90. The Morgan fingerprint density at radius 2 is 1.85 bits per heavy atom. The number of rotatable bonds is 2. The Bertz CT molecular complexity index is 812. The first kappa shape index (κ1) is 18.5. The van der Waals surface area contributed by atoms with Crippen LogP contribution in [0.2, 0.25) is 0 Å². The van der Waals surface area contributed by atoms with E-state index in [0.717, 1.165) is 26.2 Å². The second kappa shape index (κ2) is 7.94. The first-order chi connectivity index (χ1) is 13.0. The third-order valence-electron chi connectivity index (χ3n) is 4.94. The van der Waals surface area contributed by atoms with E-state index in [1.54, 1.807) is 24.3 Å². The Balaban J connectivity index is 1.74. The summed E-state index contributed by atoms with van der Waals surface area (Å²) in [6, 6.07) is 8.42. The summed E-state index contributed by atoms with van der Waals surface area (Å²) in [5.41, 5.74) is 0.707. The number of likely N-dealkylation sites (tertiary alicyclic amines) is 1. The lowest BCUT2D eigenvalue weighted by atomic mass is 10.0. The number of nitrogens with zero attached hydrogens (tertiary/aromatic N) is 7. The summed E-state index contributed by atoms with van der Waals surface area (Å²) < 4.78 is 0. The van der Waals surface area contributed by atoms with E-state index in [0.29, 0.717) is 30.3 Å². The molecule has 1 aromatic rings. The van der Waals surface area contributed by atoms with Crippen LogP contribution >= 0.6 is 0 Å². The van der Waals surface area contributed by atoms with Gasteiger partial charge in [-0.2, -0.15) is 10.5 Å². The number of carbonyl (C=O) groups is 1. The van der Waals surface area contributed by atoms with Crippen LogP contribution < -0.4 is 4.90 Å². The molecule has 0 spiro atoms. The molecule has 1 N–H and O–H groups in total. The lowest BCUT2D eigenvalue weighted by molar-refractivity contribution is 0.157. The van der Waals surface area contributed by atoms with Crippen molar-refractivity contribution in [2.75, 3.05) is 51.2 Å². The van der Waals surface area contributed by atoms with Crippen LogP contribution in [-0.4, -0.2) is 84.2 Å². The Hall–Kier alpha value is -3.30. The van der Waals surface area contributed by atoms with Crippen LogP contribution in [0.3, 0.4) is 0 Å². The number of aliphatic imine (C=N–C) groups is 1. The van der Waals surface area contributed by atoms with Gasteiger partial charge in [-0.25, -0.2) is 4.79 Å². The fourth-order valence-electron chi connectivity index (χ4n) is 3.41. The first-order valence-electron chi connectivity index (χ1n) is 8.71. The Morgan fingerprint density at radius 1 is 1.19 bits per heavy atom. The van der Waals surface area contributed by atoms with E-state index in [9.17, 15) is 15.2 Å². The molecule has 0 radical (unpaired) electrons. The molecule has 2 heterocycles. The monoisotopic (exact) mass is 367 g/mol. The Labute approximate surface area is 157 Å². The number of hydrogen-bond donors (Lipinski definition) is 1. The van der Waals surface area contributed by atoms with Gasteiger partial charge in [-0.05, 0) is 19.2 Å². The standard InChI is InChI=1S/C18H21N7O2/c1-22-6-8-23(9-7-22)17(21-13-20)24-11-15(12-24)25(18(26)27)16-5-3-2-4-14(16)10-19/h2-5,15H,6-9,11-12H2,1H3,(H,26,27). The molecule has 140 valence electrons. The molecule has 27 heavy (non-hydrogen) atoms. The van der Waals surface area contributed by atoms with Crippen molar-refractivity contribution < 1.29 is 9.90 Å². The normalized spacial score (nSPS) is 18.4. The van der Waals surface area contributed by atoms with Gasteiger partial charge in [0.1, 0.15) is 6.07 Å². The zero-order chi connectivity index (χ0) is 19.4. The van der Waals surface area contributed by atoms with E-state index in [-0.39, 0.29) is 6.04 Å². The minimum atomic E-state index is -1.10. The number of likely N-dealkylation sites (N-methyl/N-ethyl adjacent to an activating group) is 1. The van der Waals surface area contributed by atoms with Crippen molar-refractivity contribution in [1.82, 2.24) is 14.7 Å². The lowest BCUT2D eigenvalue weighted by Crippen LogP contribution is -2.66. The van der Waals surface area contributed by atoms with E-state index in [1.807, 2.05) is 17.2 Å². The van der Waals surface area contributed by atoms with Crippen molar-refractivity contribution in [3.8, 4) is 12.3 Å². The number of nitriles is 2. The topological polar surface area (TPSA) is 110 Å². The molecular weight excluding hydrogens is 346 g/mol. The van der Waals surface area contributed by atoms with Crippen LogP contribution in [0.5, 0.6) is 0 Å². The zero-order valence-corrected chi connectivity index (χ0v) is 15.1. The van der Waals surface area contributed by atoms with Gasteiger partial charge in [0.15, 0.2) is 0 Å². The third kappa shape index (κ3) is 3.78. The molecule has 0 aliphatic carbocycles. The molecule has 0 unspecified atom stereocenters. The highest BCUT2D eigenvalue weighted by Crippen LogP contribution is 2.27. The summed E-state index contributed by atoms with van der Waals surface area (Å²) in [4.78, 5) is 23.3. The van der Waals surface area contributed by atoms with Gasteiger partial charge >= 0.3 is 6.09 Å². The van der Waals surface area contributed by atoms with Crippen LogP contribution in [0.4, 0.5) is 10.5 Å². The van der Waals surface area contributed by atoms with E-state index in [2.05, 4.69) is 21.8 Å². The molecule has 1 amide bonds. The summed E-state index contributed by atoms with van der Waals surface area (Å²) in [6.07, 6.45) is 0.764. The summed E-state index contributed by atoms with van der Waals surface area (Å²) >= 11 is 0. The van der Waals surface area contributed by atoms with Crippen LogP contribution in [-0.2, 0) is 0 Å². The van der Waals surface area contributed by atoms with Crippen molar-refractivity contribution in [2.24, 2.45) is 4.99 Å². The quantitative estimate of drug-likeness (QED) is 0.468. The average Bonchev–Trinajstić information content (AvgIpc) is 2.63. The minimum Gasteiger partial charge on any atom is -0.465 e. The maximum atomic E-state index is 11.8. The van der Waals surface area contributed by atoms with Crippen LogP contribution in [0.15, 0.2) is 29.3 Å². The summed E-state index contributed by atoms with van der Waals surface area (Å²) in [7, 11) is 2.05. The van der Waals surface area contributed by atoms with Crippen LogP contribution in [0.1, 0.15) is 5.56 Å². The van der Waals surface area contributed by atoms with E-state index >= 15 is 0 Å². The molecule has 1 aromatic carbocycles. The number of anilines is 1.